The fourth-order valence-corrected chi connectivity index (χ4v) is 4.26. The Kier molecular flexibility index (Phi) is 4.29. The number of ether oxygens (including phenoxy) is 1. The molecule has 6 heteroatoms. The summed E-state index contributed by atoms with van der Waals surface area (Å²) < 4.78 is 7.24. The molecule has 2 saturated heterocycles. The number of nitrogens with zero attached hydrogens (tertiary/aromatic N) is 2. The zero-order chi connectivity index (χ0) is 15.7. The summed E-state index contributed by atoms with van der Waals surface area (Å²) in [6, 6.07) is 9.67. The van der Waals surface area contributed by atoms with Crippen molar-refractivity contribution in [3.05, 3.63) is 35.9 Å². The molecule has 0 saturated carbocycles. The van der Waals surface area contributed by atoms with Gasteiger partial charge in [-0.3, -0.25) is 9.10 Å². The number of hydrogen-bond donors (Lipinski definition) is 0. The van der Waals surface area contributed by atoms with Crippen molar-refractivity contribution in [2.45, 2.75) is 32.0 Å². The van der Waals surface area contributed by atoms with E-state index in [0.29, 0.717) is 6.54 Å². The lowest BCUT2D eigenvalue weighted by atomic mass is 10.0. The predicted molar refractivity (Wildman–Crippen MR) is 85.1 cm³/mol. The van der Waals surface area contributed by atoms with Crippen molar-refractivity contribution in [2.24, 2.45) is 5.92 Å². The maximum atomic E-state index is 12.4. The first-order chi connectivity index (χ1) is 10.6. The Labute approximate surface area is 134 Å². The Hall–Kier alpha value is -1.69. The van der Waals surface area contributed by atoms with Crippen molar-refractivity contribution in [3.63, 3.8) is 0 Å². The lowest BCUT2D eigenvalue weighted by Crippen LogP contribution is -2.41. The molecule has 0 spiro atoms. The van der Waals surface area contributed by atoms with Gasteiger partial charge < -0.3 is 9.64 Å². The van der Waals surface area contributed by atoms with Crippen molar-refractivity contribution >= 4 is 23.9 Å². The van der Waals surface area contributed by atoms with E-state index in [1.807, 2.05) is 47.8 Å². The lowest BCUT2D eigenvalue weighted by molar-refractivity contribution is -0.127. The van der Waals surface area contributed by atoms with Gasteiger partial charge in [-0.15, -0.1) is 0 Å². The summed E-state index contributed by atoms with van der Waals surface area (Å²) >= 11 is 1.45. The first-order valence-corrected chi connectivity index (χ1v) is 8.66. The molecule has 0 unspecified atom stereocenters. The molecule has 118 valence electrons. The van der Waals surface area contributed by atoms with Crippen LogP contribution in [0.3, 0.4) is 0 Å². The van der Waals surface area contributed by atoms with E-state index in [2.05, 4.69) is 0 Å². The molecular formula is C16H20N2O3S. The van der Waals surface area contributed by atoms with Gasteiger partial charge in [-0.25, -0.2) is 4.79 Å². The molecule has 2 fully saturated rings. The van der Waals surface area contributed by atoms with E-state index in [1.54, 1.807) is 4.90 Å². The molecule has 3 rings (SSSR count). The zero-order valence-corrected chi connectivity index (χ0v) is 13.6. The summed E-state index contributed by atoms with van der Waals surface area (Å²) in [6.45, 7) is 2.82. The molecule has 0 radical (unpaired) electrons. The minimum absolute atomic E-state index is 0.0665. The molecule has 22 heavy (non-hydrogen) atoms. The second kappa shape index (κ2) is 6.20. The highest BCUT2D eigenvalue weighted by molar-refractivity contribution is 7.96. The van der Waals surface area contributed by atoms with E-state index in [1.165, 1.54) is 11.9 Å². The summed E-state index contributed by atoms with van der Waals surface area (Å²) in [4.78, 5) is 26.3. The van der Waals surface area contributed by atoms with E-state index < -0.39 is 0 Å². The largest absolute Gasteiger partial charge is 0.445 e. The van der Waals surface area contributed by atoms with E-state index in [4.69, 9.17) is 4.74 Å². The fourth-order valence-electron chi connectivity index (χ4n) is 3.41. The molecule has 1 aromatic rings. The zero-order valence-electron chi connectivity index (χ0n) is 12.8. The van der Waals surface area contributed by atoms with Gasteiger partial charge in [0.1, 0.15) is 6.61 Å². The van der Waals surface area contributed by atoms with Crippen LogP contribution in [0.15, 0.2) is 30.3 Å². The highest BCUT2D eigenvalue weighted by atomic mass is 32.2. The van der Waals surface area contributed by atoms with Crippen LogP contribution in [0.2, 0.25) is 0 Å². The fraction of sp³-hybridized carbons (Fsp3) is 0.500. The molecule has 0 N–H and O–H groups in total. The molecule has 1 aromatic carbocycles. The summed E-state index contributed by atoms with van der Waals surface area (Å²) in [5, 5.41) is 0. The van der Waals surface area contributed by atoms with E-state index in [-0.39, 0.29) is 36.6 Å². The second-order valence-corrected chi connectivity index (χ2v) is 6.47. The molecule has 2 aliphatic rings. The quantitative estimate of drug-likeness (QED) is 0.803. The number of likely N-dealkylation sites (tertiary alicyclic amines) is 1. The van der Waals surface area contributed by atoms with Gasteiger partial charge in [0.25, 0.3) is 0 Å². The predicted octanol–water partition coefficient (Wildman–Crippen LogP) is 2.52. The minimum atomic E-state index is -0.320. The molecule has 2 heterocycles. The van der Waals surface area contributed by atoms with Crippen LogP contribution in [-0.4, -0.2) is 46.1 Å². The first-order valence-electron chi connectivity index (χ1n) is 7.48. The number of fused-ring (bicyclic) bond motifs is 1. The van der Waals surface area contributed by atoms with Gasteiger partial charge in [-0.05, 0) is 12.0 Å². The van der Waals surface area contributed by atoms with E-state index in [0.717, 1.165) is 12.0 Å². The highest BCUT2D eigenvalue weighted by Gasteiger charge is 2.53. The standard InChI is InChI=1S/C16H20N2O3S/c1-11-14-13(18(22-2)15(11)19)8-9-17(14)16(20)21-10-12-6-4-3-5-7-12/h3-7,11,13-14H,8-10H2,1-2H3/t11-,13-,14+/m0/s1. The van der Waals surface area contributed by atoms with Gasteiger partial charge in [0, 0.05) is 12.8 Å². The van der Waals surface area contributed by atoms with E-state index in [9.17, 15) is 9.59 Å². The SMILES string of the molecule is CSN1C(=O)[C@@H](C)[C@@H]2[C@@H]1CCN2C(=O)OCc1ccccc1. The van der Waals surface area contributed by atoms with Gasteiger partial charge in [0.15, 0.2) is 0 Å². The van der Waals surface area contributed by atoms with Crippen LogP contribution in [0.1, 0.15) is 18.9 Å². The molecule has 2 aliphatic heterocycles. The third kappa shape index (κ3) is 2.56. The molecule has 0 aromatic heterocycles. The topological polar surface area (TPSA) is 49.9 Å². The normalized spacial score (nSPS) is 27.2. The van der Waals surface area contributed by atoms with Crippen molar-refractivity contribution in [1.29, 1.82) is 0 Å². The third-order valence-corrected chi connectivity index (χ3v) is 5.32. The Balaban J connectivity index is 1.65. The number of rotatable bonds is 3. The molecule has 2 amide bonds. The lowest BCUT2D eigenvalue weighted by Gasteiger charge is -2.25. The summed E-state index contributed by atoms with van der Waals surface area (Å²) in [7, 11) is 0. The van der Waals surface area contributed by atoms with Crippen molar-refractivity contribution in [1.82, 2.24) is 9.21 Å². The Morgan fingerprint density at radius 1 is 1.36 bits per heavy atom. The van der Waals surface area contributed by atoms with Crippen LogP contribution in [0.4, 0.5) is 4.79 Å². The number of hydrogen-bond acceptors (Lipinski definition) is 4. The summed E-state index contributed by atoms with van der Waals surface area (Å²) in [5.41, 5.74) is 0.966. The van der Waals surface area contributed by atoms with Gasteiger partial charge in [0.05, 0.1) is 18.0 Å². The van der Waals surface area contributed by atoms with Crippen LogP contribution < -0.4 is 0 Å². The van der Waals surface area contributed by atoms with Gasteiger partial charge in [-0.1, -0.05) is 49.2 Å². The van der Waals surface area contributed by atoms with E-state index >= 15 is 0 Å². The van der Waals surface area contributed by atoms with Gasteiger partial charge >= 0.3 is 6.09 Å². The number of amides is 2. The third-order valence-electron chi connectivity index (χ3n) is 4.48. The Morgan fingerprint density at radius 2 is 2.09 bits per heavy atom. The second-order valence-electron chi connectivity index (χ2n) is 5.72. The summed E-state index contributed by atoms with van der Waals surface area (Å²) in [5.74, 6) is -0.0488. The maximum absolute atomic E-state index is 12.4. The number of carbonyl (C=O) groups excluding carboxylic acids is 2. The summed E-state index contributed by atoms with van der Waals surface area (Å²) in [6.07, 6.45) is 2.41. The molecule has 3 atom stereocenters. The van der Waals surface area contributed by atoms with Crippen LogP contribution in [-0.2, 0) is 16.1 Å². The molecule has 0 aliphatic carbocycles. The average Bonchev–Trinajstić information content (AvgIpc) is 3.07. The van der Waals surface area contributed by atoms with Gasteiger partial charge in [0.2, 0.25) is 5.91 Å². The van der Waals surface area contributed by atoms with Crippen molar-refractivity contribution in [2.75, 3.05) is 12.8 Å². The van der Waals surface area contributed by atoms with Crippen LogP contribution in [0.5, 0.6) is 0 Å². The Bertz CT molecular complexity index is 566. The van der Waals surface area contributed by atoms with Crippen LogP contribution in [0.25, 0.3) is 0 Å². The maximum Gasteiger partial charge on any atom is 0.410 e. The molecular weight excluding hydrogens is 300 g/mol. The first kappa shape index (κ1) is 15.2. The molecule has 5 nitrogen and oxygen atoms in total. The van der Waals surface area contributed by atoms with Crippen molar-refractivity contribution < 1.29 is 14.3 Å². The number of carbonyl (C=O) groups is 2. The van der Waals surface area contributed by atoms with Crippen molar-refractivity contribution in [3.8, 4) is 0 Å². The van der Waals surface area contributed by atoms with Gasteiger partial charge in [-0.2, -0.15) is 0 Å². The number of benzene rings is 1. The van der Waals surface area contributed by atoms with Crippen LogP contribution in [0, 0.1) is 5.92 Å². The highest BCUT2D eigenvalue weighted by Crippen LogP contribution is 2.39. The monoisotopic (exact) mass is 320 g/mol. The smallest absolute Gasteiger partial charge is 0.410 e. The minimum Gasteiger partial charge on any atom is -0.445 e. The molecule has 0 bridgehead atoms. The Morgan fingerprint density at radius 3 is 2.77 bits per heavy atom. The average molecular weight is 320 g/mol. The van der Waals surface area contributed by atoms with Crippen LogP contribution >= 0.6 is 11.9 Å².